The van der Waals surface area contributed by atoms with E-state index in [1.807, 2.05) is 36.4 Å². The summed E-state index contributed by atoms with van der Waals surface area (Å²) in [5.41, 5.74) is 2.37. The van der Waals surface area contributed by atoms with E-state index < -0.39 is 5.60 Å². The van der Waals surface area contributed by atoms with Crippen LogP contribution >= 0.6 is 11.6 Å². The molecule has 0 aliphatic heterocycles. The molecular formula is C18H19ClN2O2. The molecule has 4 nitrogen and oxygen atoms in total. The molecule has 0 atom stereocenters. The quantitative estimate of drug-likeness (QED) is 0.807. The summed E-state index contributed by atoms with van der Waals surface area (Å²) in [6.45, 7) is 0.649. The second kappa shape index (κ2) is 6.60. The van der Waals surface area contributed by atoms with Crippen molar-refractivity contribution in [2.45, 2.75) is 25.0 Å². The van der Waals surface area contributed by atoms with Crippen LogP contribution in [0.5, 0.6) is 0 Å². The highest BCUT2D eigenvalue weighted by Crippen LogP contribution is 2.29. The van der Waals surface area contributed by atoms with Gasteiger partial charge in [-0.15, -0.1) is 0 Å². The molecule has 0 aromatic heterocycles. The lowest BCUT2D eigenvalue weighted by molar-refractivity contribution is 0.0536. The summed E-state index contributed by atoms with van der Waals surface area (Å²) in [7, 11) is 0. The van der Waals surface area contributed by atoms with Gasteiger partial charge in [0, 0.05) is 31.0 Å². The van der Waals surface area contributed by atoms with Crippen LogP contribution in [0.25, 0.3) is 0 Å². The number of carbonyl (C=O) groups is 1. The average molecular weight is 331 g/mol. The van der Waals surface area contributed by atoms with Crippen LogP contribution in [0.4, 0.5) is 4.79 Å². The van der Waals surface area contributed by atoms with Crippen molar-refractivity contribution in [3.05, 3.63) is 70.2 Å². The van der Waals surface area contributed by atoms with Crippen LogP contribution in [0.1, 0.15) is 16.7 Å². The van der Waals surface area contributed by atoms with Crippen LogP contribution in [-0.4, -0.2) is 23.3 Å². The molecule has 2 aromatic carbocycles. The summed E-state index contributed by atoms with van der Waals surface area (Å²) in [5, 5.41) is 16.8. The summed E-state index contributed by atoms with van der Waals surface area (Å²) >= 11 is 5.82. The number of carbonyl (C=O) groups excluding carboxylic acids is 1. The highest BCUT2D eigenvalue weighted by atomic mass is 35.5. The number of urea groups is 1. The number of fused-ring (bicyclic) bond motifs is 1. The predicted octanol–water partition coefficient (Wildman–Crippen LogP) is 2.67. The minimum Gasteiger partial charge on any atom is -0.387 e. The standard InChI is InChI=1S/C18H19ClN2O2/c19-16-7-5-13(6-8-16)11-20-17(22)21-12-18(23)9-14-3-1-2-4-15(14)10-18/h1-8,23H,9-12H2,(H2,20,21,22). The Bertz CT molecular complexity index is 675. The first-order chi connectivity index (χ1) is 11.0. The van der Waals surface area contributed by atoms with Crippen molar-refractivity contribution >= 4 is 17.6 Å². The zero-order chi connectivity index (χ0) is 16.3. The van der Waals surface area contributed by atoms with Crippen LogP contribution in [0.2, 0.25) is 5.02 Å². The summed E-state index contributed by atoms with van der Waals surface area (Å²) in [6, 6.07) is 15.0. The van der Waals surface area contributed by atoms with E-state index in [9.17, 15) is 9.90 Å². The molecule has 2 amide bonds. The second-order valence-electron chi connectivity index (χ2n) is 6.01. The molecule has 0 unspecified atom stereocenters. The molecule has 3 N–H and O–H groups in total. The number of hydrogen-bond acceptors (Lipinski definition) is 2. The second-order valence-corrected chi connectivity index (χ2v) is 6.45. The van der Waals surface area contributed by atoms with Crippen molar-refractivity contribution < 1.29 is 9.90 Å². The molecule has 0 saturated carbocycles. The lowest BCUT2D eigenvalue weighted by Gasteiger charge is -2.22. The number of hydrogen-bond donors (Lipinski definition) is 3. The molecule has 1 aliphatic carbocycles. The molecule has 0 heterocycles. The zero-order valence-corrected chi connectivity index (χ0v) is 13.4. The molecule has 5 heteroatoms. The first kappa shape index (κ1) is 15.8. The van der Waals surface area contributed by atoms with Crippen LogP contribution in [-0.2, 0) is 19.4 Å². The normalized spacial score (nSPS) is 15.0. The van der Waals surface area contributed by atoms with Gasteiger partial charge in [0.25, 0.3) is 0 Å². The molecule has 0 radical (unpaired) electrons. The van der Waals surface area contributed by atoms with Gasteiger partial charge in [0.2, 0.25) is 0 Å². The van der Waals surface area contributed by atoms with E-state index in [0.29, 0.717) is 24.4 Å². The molecular weight excluding hydrogens is 312 g/mol. The number of halogens is 1. The predicted molar refractivity (Wildman–Crippen MR) is 90.5 cm³/mol. The fourth-order valence-corrected chi connectivity index (χ4v) is 3.02. The Labute approximate surface area is 140 Å². The maximum absolute atomic E-state index is 11.9. The first-order valence-corrected chi connectivity index (χ1v) is 7.97. The molecule has 0 bridgehead atoms. The van der Waals surface area contributed by atoms with Crippen LogP contribution < -0.4 is 10.6 Å². The molecule has 3 rings (SSSR count). The van der Waals surface area contributed by atoms with Gasteiger partial charge in [-0.05, 0) is 28.8 Å². The summed E-state index contributed by atoms with van der Waals surface area (Å²) in [6.07, 6.45) is 1.14. The molecule has 0 saturated heterocycles. The van der Waals surface area contributed by atoms with Crippen molar-refractivity contribution in [2.75, 3.05) is 6.54 Å². The number of nitrogens with one attached hydrogen (secondary N) is 2. The van der Waals surface area contributed by atoms with E-state index in [4.69, 9.17) is 11.6 Å². The average Bonchev–Trinajstić information content (AvgIpc) is 2.89. The van der Waals surface area contributed by atoms with E-state index in [-0.39, 0.29) is 12.6 Å². The Morgan fingerprint density at radius 1 is 1.04 bits per heavy atom. The largest absolute Gasteiger partial charge is 0.387 e. The maximum atomic E-state index is 11.9. The number of benzene rings is 2. The highest BCUT2D eigenvalue weighted by molar-refractivity contribution is 6.30. The van der Waals surface area contributed by atoms with Gasteiger partial charge in [0.15, 0.2) is 0 Å². The fraction of sp³-hybridized carbons (Fsp3) is 0.278. The van der Waals surface area contributed by atoms with Gasteiger partial charge in [-0.25, -0.2) is 4.79 Å². The van der Waals surface area contributed by atoms with Crippen LogP contribution in [0.15, 0.2) is 48.5 Å². The Morgan fingerprint density at radius 2 is 1.65 bits per heavy atom. The molecule has 1 aliphatic rings. The Morgan fingerprint density at radius 3 is 2.26 bits per heavy atom. The third-order valence-corrected chi connectivity index (χ3v) is 4.35. The highest BCUT2D eigenvalue weighted by Gasteiger charge is 2.35. The smallest absolute Gasteiger partial charge is 0.315 e. The summed E-state index contributed by atoms with van der Waals surface area (Å²) < 4.78 is 0. The summed E-state index contributed by atoms with van der Waals surface area (Å²) in [4.78, 5) is 11.9. The van der Waals surface area contributed by atoms with Gasteiger partial charge < -0.3 is 15.7 Å². The maximum Gasteiger partial charge on any atom is 0.315 e. The van der Waals surface area contributed by atoms with Gasteiger partial charge in [-0.3, -0.25) is 0 Å². The van der Waals surface area contributed by atoms with Crippen molar-refractivity contribution in [1.82, 2.24) is 10.6 Å². The molecule has 0 fully saturated rings. The van der Waals surface area contributed by atoms with Crippen LogP contribution in [0, 0.1) is 0 Å². The molecule has 120 valence electrons. The Hall–Kier alpha value is -2.04. The third kappa shape index (κ3) is 4.03. The van der Waals surface area contributed by atoms with Crippen molar-refractivity contribution in [3.63, 3.8) is 0 Å². The lowest BCUT2D eigenvalue weighted by Crippen LogP contribution is -2.46. The molecule has 0 spiro atoms. The van der Waals surface area contributed by atoms with E-state index in [1.165, 1.54) is 0 Å². The number of amides is 2. The Kier molecular flexibility index (Phi) is 4.55. The Balaban J connectivity index is 1.47. The lowest BCUT2D eigenvalue weighted by atomic mass is 10.0. The van der Waals surface area contributed by atoms with Gasteiger partial charge in [0.05, 0.1) is 5.60 Å². The van der Waals surface area contributed by atoms with Gasteiger partial charge in [-0.2, -0.15) is 0 Å². The van der Waals surface area contributed by atoms with Crippen LogP contribution in [0.3, 0.4) is 0 Å². The number of rotatable bonds is 4. The molecule has 23 heavy (non-hydrogen) atoms. The minimum atomic E-state index is -0.901. The first-order valence-electron chi connectivity index (χ1n) is 7.59. The molecule has 2 aromatic rings. The SMILES string of the molecule is O=C(NCc1ccc(Cl)cc1)NCC1(O)Cc2ccccc2C1. The monoisotopic (exact) mass is 330 g/mol. The minimum absolute atomic E-state index is 0.230. The van der Waals surface area contributed by atoms with E-state index >= 15 is 0 Å². The fourth-order valence-electron chi connectivity index (χ4n) is 2.89. The van der Waals surface area contributed by atoms with Crippen molar-refractivity contribution in [1.29, 1.82) is 0 Å². The zero-order valence-electron chi connectivity index (χ0n) is 12.7. The van der Waals surface area contributed by atoms with E-state index in [0.717, 1.165) is 16.7 Å². The van der Waals surface area contributed by atoms with Gasteiger partial charge in [-0.1, -0.05) is 48.0 Å². The van der Waals surface area contributed by atoms with Crippen molar-refractivity contribution in [3.8, 4) is 0 Å². The van der Waals surface area contributed by atoms with Crippen molar-refractivity contribution in [2.24, 2.45) is 0 Å². The topological polar surface area (TPSA) is 61.4 Å². The van der Waals surface area contributed by atoms with E-state index in [1.54, 1.807) is 12.1 Å². The third-order valence-electron chi connectivity index (χ3n) is 4.10. The van der Waals surface area contributed by atoms with Gasteiger partial charge >= 0.3 is 6.03 Å². The van der Waals surface area contributed by atoms with Gasteiger partial charge in [0.1, 0.15) is 0 Å². The van der Waals surface area contributed by atoms with E-state index in [2.05, 4.69) is 10.6 Å². The summed E-state index contributed by atoms with van der Waals surface area (Å²) in [5.74, 6) is 0. The number of aliphatic hydroxyl groups is 1.